The number of hydrogen-bond acceptors (Lipinski definition) is 3. The van der Waals surface area contributed by atoms with Gasteiger partial charge in [-0.2, -0.15) is 0 Å². The van der Waals surface area contributed by atoms with Crippen LogP contribution in [0.25, 0.3) is 0 Å². The van der Waals surface area contributed by atoms with Crippen LogP contribution in [-0.2, 0) is 11.2 Å². The minimum Gasteiger partial charge on any atom is -0.341 e. The molecule has 3 rings (SSSR count). The molecule has 2 aliphatic rings. The van der Waals surface area contributed by atoms with E-state index < -0.39 is 0 Å². The molecule has 108 valence electrons. The Morgan fingerprint density at radius 2 is 1.85 bits per heavy atom. The first kappa shape index (κ1) is 14.0. The number of hydrogen-bond donors (Lipinski definition) is 1. The van der Waals surface area contributed by atoms with Gasteiger partial charge in [0.05, 0.1) is 6.42 Å². The van der Waals surface area contributed by atoms with E-state index in [1.54, 1.807) is 0 Å². The molecule has 0 radical (unpaired) electrons. The van der Waals surface area contributed by atoms with Crippen LogP contribution in [0, 0.1) is 0 Å². The third-order valence-electron chi connectivity index (χ3n) is 4.46. The fourth-order valence-electron chi connectivity index (χ4n) is 3.27. The third-order valence-corrected chi connectivity index (χ3v) is 4.76. The average molecular weight is 290 g/mol. The summed E-state index contributed by atoms with van der Waals surface area (Å²) >= 11 is 4.27. The van der Waals surface area contributed by atoms with Crippen LogP contribution in [0.3, 0.4) is 0 Å². The van der Waals surface area contributed by atoms with Crippen molar-refractivity contribution in [3.05, 3.63) is 29.8 Å². The van der Waals surface area contributed by atoms with Gasteiger partial charge in [0.25, 0.3) is 0 Å². The SMILES string of the molecule is O=C(Cc1ccc(S)cc1)N1CCC(N2CCCC2)C1. The number of carbonyl (C=O) groups excluding carboxylic acids is 1. The molecule has 2 fully saturated rings. The Balaban J connectivity index is 1.54. The topological polar surface area (TPSA) is 23.6 Å². The molecule has 1 aromatic rings. The van der Waals surface area contributed by atoms with E-state index in [-0.39, 0.29) is 5.91 Å². The first-order valence-corrected chi connectivity index (χ1v) is 7.97. The lowest BCUT2D eigenvalue weighted by Crippen LogP contribution is -2.37. The van der Waals surface area contributed by atoms with E-state index in [0.717, 1.165) is 30.0 Å². The van der Waals surface area contributed by atoms with Crippen molar-refractivity contribution in [2.45, 2.75) is 36.6 Å². The van der Waals surface area contributed by atoms with E-state index in [9.17, 15) is 4.79 Å². The zero-order chi connectivity index (χ0) is 13.9. The minimum absolute atomic E-state index is 0.263. The van der Waals surface area contributed by atoms with Crippen molar-refractivity contribution in [3.63, 3.8) is 0 Å². The van der Waals surface area contributed by atoms with Crippen LogP contribution in [0.2, 0.25) is 0 Å². The zero-order valence-electron chi connectivity index (χ0n) is 11.8. The molecule has 20 heavy (non-hydrogen) atoms. The van der Waals surface area contributed by atoms with E-state index in [4.69, 9.17) is 0 Å². The maximum absolute atomic E-state index is 12.3. The van der Waals surface area contributed by atoms with Gasteiger partial charge in [0, 0.05) is 24.0 Å². The highest BCUT2D eigenvalue weighted by molar-refractivity contribution is 7.80. The molecule has 1 unspecified atom stereocenters. The number of carbonyl (C=O) groups is 1. The zero-order valence-corrected chi connectivity index (χ0v) is 12.7. The molecular weight excluding hydrogens is 268 g/mol. The van der Waals surface area contributed by atoms with Gasteiger partial charge in [-0.3, -0.25) is 9.69 Å². The normalized spacial score (nSPS) is 23.4. The quantitative estimate of drug-likeness (QED) is 0.863. The summed E-state index contributed by atoms with van der Waals surface area (Å²) in [5, 5.41) is 0. The maximum Gasteiger partial charge on any atom is 0.227 e. The highest BCUT2D eigenvalue weighted by Crippen LogP contribution is 2.21. The van der Waals surface area contributed by atoms with E-state index in [1.807, 2.05) is 29.2 Å². The van der Waals surface area contributed by atoms with Gasteiger partial charge in [-0.15, -0.1) is 12.6 Å². The number of nitrogens with zero attached hydrogens (tertiary/aromatic N) is 2. The monoisotopic (exact) mass is 290 g/mol. The van der Waals surface area contributed by atoms with Gasteiger partial charge in [-0.1, -0.05) is 12.1 Å². The number of rotatable bonds is 3. The first-order valence-electron chi connectivity index (χ1n) is 7.52. The molecule has 0 N–H and O–H groups in total. The second-order valence-corrected chi connectivity index (χ2v) is 6.38. The fraction of sp³-hybridized carbons (Fsp3) is 0.562. The molecule has 0 aromatic heterocycles. The Labute approximate surface area is 126 Å². The van der Waals surface area contributed by atoms with Gasteiger partial charge in [-0.05, 0) is 50.0 Å². The Bertz CT molecular complexity index is 468. The van der Waals surface area contributed by atoms with Gasteiger partial charge in [0.1, 0.15) is 0 Å². The third kappa shape index (κ3) is 3.18. The minimum atomic E-state index is 0.263. The van der Waals surface area contributed by atoms with Gasteiger partial charge >= 0.3 is 0 Å². The lowest BCUT2D eigenvalue weighted by molar-refractivity contribution is -0.129. The number of thiol groups is 1. The molecule has 1 atom stereocenters. The summed E-state index contributed by atoms with van der Waals surface area (Å²) in [6.45, 7) is 4.28. The van der Waals surface area contributed by atoms with Crippen LogP contribution >= 0.6 is 12.6 Å². The van der Waals surface area contributed by atoms with E-state index in [0.29, 0.717) is 12.5 Å². The number of benzene rings is 1. The largest absolute Gasteiger partial charge is 0.341 e. The van der Waals surface area contributed by atoms with Gasteiger partial charge in [0.2, 0.25) is 5.91 Å². The molecule has 1 amide bonds. The van der Waals surface area contributed by atoms with Crippen molar-refractivity contribution in [1.29, 1.82) is 0 Å². The van der Waals surface area contributed by atoms with Crippen molar-refractivity contribution >= 4 is 18.5 Å². The molecule has 0 aliphatic carbocycles. The van der Waals surface area contributed by atoms with Crippen molar-refractivity contribution in [2.75, 3.05) is 26.2 Å². The van der Waals surface area contributed by atoms with Crippen LogP contribution in [0.15, 0.2) is 29.2 Å². The molecular formula is C16H22N2OS. The Kier molecular flexibility index (Phi) is 4.32. The van der Waals surface area contributed by atoms with Crippen LogP contribution in [0.5, 0.6) is 0 Å². The fourth-order valence-corrected chi connectivity index (χ4v) is 3.42. The van der Waals surface area contributed by atoms with Crippen molar-refractivity contribution < 1.29 is 4.79 Å². The van der Waals surface area contributed by atoms with E-state index >= 15 is 0 Å². The molecule has 0 bridgehead atoms. The second kappa shape index (κ2) is 6.19. The second-order valence-electron chi connectivity index (χ2n) is 5.87. The Hall–Kier alpha value is -1.00. The molecule has 0 saturated carbocycles. The lowest BCUT2D eigenvalue weighted by atomic mass is 10.1. The summed E-state index contributed by atoms with van der Waals surface area (Å²) in [7, 11) is 0. The number of amides is 1. The predicted octanol–water partition coefficient (Wildman–Crippen LogP) is 2.21. The van der Waals surface area contributed by atoms with Crippen LogP contribution in [0.1, 0.15) is 24.8 Å². The van der Waals surface area contributed by atoms with Gasteiger partial charge in [0.15, 0.2) is 0 Å². The molecule has 2 heterocycles. The van der Waals surface area contributed by atoms with Crippen molar-refractivity contribution in [1.82, 2.24) is 9.80 Å². The smallest absolute Gasteiger partial charge is 0.227 e. The van der Waals surface area contributed by atoms with Crippen molar-refractivity contribution in [3.8, 4) is 0 Å². The highest BCUT2D eigenvalue weighted by Gasteiger charge is 2.31. The molecule has 0 spiro atoms. The summed E-state index contributed by atoms with van der Waals surface area (Å²) in [4.78, 5) is 17.9. The maximum atomic E-state index is 12.3. The molecule has 2 aliphatic heterocycles. The highest BCUT2D eigenvalue weighted by atomic mass is 32.1. The standard InChI is InChI=1S/C16H22N2OS/c19-16(11-13-3-5-15(20)6-4-13)18-10-7-14(12-18)17-8-1-2-9-17/h3-6,14,20H,1-2,7-12H2. The summed E-state index contributed by atoms with van der Waals surface area (Å²) in [5.74, 6) is 0.263. The summed E-state index contributed by atoms with van der Waals surface area (Å²) in [6.07, 6.45) is 4.29. The van der Waals surface area contributed by atoms with Crippen LogP contribution in [-0.4, -0.2) is 47.9 Å². The van der Waals surface area contributed by atoms with Crippen LogP contribution < -0.4 is 0 Å². The summed E-state index contributed by atoms with van der Waals surface area (Å²) in [6, 6.07) is 8.48. The Morgan fingerprint density at radius 1 is 1.15 bits per heavy atom. The average Bonchev–Trinajstić information content (AvgIpc) is 3.11. The predicted molar refractivity (Wildman–Crippen MR) is 83.2 cm³/mol. The van der Waals surface area contributed by atoms with Gasteiger partial charge in [-0.25, -0.2) is 0 Å². The number of likely N-dealkylation sites (tertiary alicyclic amines) is 2. The molecule has 2 saturated heterocycles. The summed E-state index contributed by atoms with van der Waals surface area (Å²) < 4.78 is 0. The van der Waals surface area contributed by atoms with E-state index in [1.165, 1.54) is 25.9 Å². The van der Waals surface area contributed by atoms with E-state index in [2.05, 4.69) is 17.5 Å². The molecule has 4 heteroatoms. The molecule has 3 nitrogen and oxygen atoms in total. The van der Waals surface area contributed by atoms with Crippen LogP contribution in [0.4, 0.5) is 0 Å². The van der Waals surface area contributed by atoms with Crippen molar-refractivity contribution in [2.24, 2.45) is 0 Å². The molecule has 1 aromatic carbocycles. The lowest BCUT2D eigenvalue weighted by Gasteiger charge is -2.23. The summed E-state index contributed by atoms with van der Waals surface area (Å²) in [5.41, 5.74) is 1.08. The first-order chi connectivity index (χ1) is 9.72. The Morgan fingerprint density at radius 3 is 2.55 bits per heavy atom. The van der Waals surface area contributed by atoms with Gasteiger partial charge < -0.3 is 4.90 Å².